The van der Waals surface area contributed by atoms with Gasteiger partial charge in [0.05, 0.1) is 0 Å². The van der Waals surface area contributed by atoms with Crippen LogP contribution in [0.25, 0.3) is 0 Å². The molecule has 0 atom stereocenters. The molecule has 0 unspecified atom stereocenters. The average molecular weight is 292 g/mol. The van der Waals surface area contributed by atoms with E-state index in [0.717, 1.165) is 0 Å². The zero-order valence-corrected chi connectivity index (χ0v) is 9.98. The third-order valence-corrected chi connectivity index (χ3v) is 2.57. The van der Waals surface area contributed by atoms with Gasteiger partial charge < -0.3 is 5.32 Å². The molecule has 108 valence electrons. The fourth-order valence-electron chi connectivity index (χ4n) is 1.58. The first-order valence-electron chi connectivity index (χ1n) is 5.62. The summed E-state index contributed by atoms with van der Waals surface area (Å²) in [5, 5.41) is 8.37. The minimum atomic E-state index is -2.17. The van der Waals surface area contributed by atoms with E-state index in [9.17, 15) is 22.0 Å². The van der Waals surface area contributed by atoms with Crippen LogP contribution in [0.1, 0.15) is 12.2 Å². The first-order valence-corrected chi connectivity index (χ1v) is 5.62. The van der Waals surface area contributed by atoms with Crippen LogP contribution in [0, 0.1) is 29.1 Å². The number of nitrogens with zero attached hydrogens (tertiary/aromatic N) is 2. The smallest absolute Gasteiger partial charge is 0.200 e. The molecular formula is C11H9F5N4. The van der Waals surface area contributed by atoms with Gasteiger partial charge >= 0.3 is 0 Å². The Labute approximate surface area is 110 Å². The van der Waals surface area contributed by atoms with E-state index >= 15 is 0 Å². The lowest BCUT2D eigenvalue weighted by Crippen LogP contribution is -2.11. The zero-order valence-electron chi connectivity index (χ0n) is 9.98. The standard InChI is InChI=1S/C11H9F5N4/c12-6-7(13)9(15)11(10(16)8(6)14)17-3-1-2-5-18-4-19-20-5/h4,17H,1-3H2,(H,18,19,20). The number of benzene rings is 1. The molecule has 0 amide bonds. The topological polar surface area (TPSA) is 53.6 Å². The predicted octanol–water partition coefficient (Wildman–Crippen LogP) is 2.54. The molecule has 1 heterocycles. The van der Waals surface area contributed by atoms with E-state index in [1.54, 1.807) is 0 Å². The van der Waals surface area contributed by atoms with Crippen LogP contribution in [0.4, 0.5) is 27.6 Å². The number of aryl methyl sites for hydroxylation is 1. The molecule has 0 aliphatic rings. The Morgan fingerprint density at radius 2 is 1.55 bits per heavy atom. The van der Waals surface area contributed by atoms with Crippen molar-refractivity contribution in [1.82, 2.24) is 15.2 Å². The fourth-order valence-corrected chi connectivity index (χ4v) is 1.58. The van der Waals surface area contributed by atoms with Crippen molar-refractivity contribution in [2.75, 3.05) is 11.9 Å². The van der Waals surface area contributed by atoms with Gasteiger partial charge in [-0.2, -0.15) is 5.10 Å². The first kappa shape index (κ1) is 14.2. The number of aromatic nitrogens is 3. The van der Waals surface area contributed by atoms with Crippen LogP contribution in [0.15, 0.2) is 6.33 Å². The Balaban J connectivity index is 2.02. The highest BCUT2D eigenvalue weighted by atomic mass is 19.2. The van der Waals surface area contributed by atoms with Gasteiger partial charge in [0.1, 0.15) is 17.8 Å². The fraction of sp³-hybridized carbons (Fsp3) is 0.273. The number of nitrogens with one attached hydrogen (secondary N) is 2. The maximum absolute atomic E-state index is 13.3. The maximum Gasteiger partial charge on any atom is 0.200 e. The Morgan fingerprint density at radius 3 is 2.10 bits per heavy atom. The average Bonchev–Trinajstić information content (AvgIpc) is 2.95. The summed E-state index contributed by atoms with van der Waals surface area (Å²) in [5.41, 5.74) is -1.03. The SMILES string of the molecule is Fc1c(F)c(F)c(NCCCc2ncn[nH]2)c(F)c1F. The summed E-state index contributed by atoms with van der Waals surface area (Å²) in [6.07, 6.45) is 2.09. The third kappa shape index (κ3) is 2.70. The highest BCUT2D eigenvalue weighted by molar-refractivity contribution is 5.47. The van der Waals surface area contributed by atoms with Crippen molar-refractivity contribution in [3.05, 3.63) is 41.2 Å². The van der Waals surface area contributed by atoms with Gasteiger partial charge in [-0.25, -0.2) is 26.9 Å². The van der Waals surface area contributed by atoms with Crippen LogP contribution in [0.2, 0.25) is 0 Å². The van der Waals surface area contributed by atoms with E-state index in [1.807, 2.05) is 0 Å². The van der Waals surface area contributed by atoms with Crippen LogP contribution >= 0.6 is 0 Å². The number of anilines is 1. The van der Waals surface area contributed by atoms with Gasteiger partial charge in [0.15, 0.2) is 23.3 Å². The van der Waals surface area contributed by atoms with Gasteiger partial charge in [-0.15, -0.1) is 0 Å². The van der Waals surface area contributed by atoms with Crippen molar-refractivity contribution < 1.29 is 22.0 Å². The van der Waals surface area contributed by atoms with Gasteiger partial charge in [0.25, 0.3) is 0 Å². The molecule has 1 aromatic carbocycles. The molecule has 9 heteroatoms. The van der Waals surface area contributed by atoms with Crippen molar-refractivity contribution in [3.63, 3.8) is 0 Å². The van der Waals surface area contributed by atoms with Crippen molar-refractivity contribution in [2.45, 2.75) is 12.8 Å². The number of halogens is 5. The largest absolute Gasteiger partial charge is 0.380 e. The van der Waals surface area contributed by atoms with E-state index in [0.29, 0.717) is 18.7 Å². The molecule has 0 saturated carbocycles. The minimum absolute atomic E-state index is 0.0129. The Morgan fingerprint density at radius 1 is 0.950 bits per heavy atom. The highest BCUT2D eigenvalue weighted by Crippen LogP contribution is 2.26. The van der Waals surface area contributed by atoms with Gasteiger partial charge in [-0.3, -0.25) is 5.10 Å². The number of H-pyrrole nitrogens is 1. The summed E-state index contributed by atoms with van der Waals surface area (Å²) >= 11 is 0. The number of aromatic amines is 1. The molecule has 0 spiro atoms. The molecule has 4 nitrogen and oxygen atoms in total. The van der Waals surface area contributed by atoms with Crippen molar-refractivity contribution in [3.8, 4) is 0 Å². The molecule has 2 rings (SSSR count). The Kier molecular flexibility index (Phi) is 4.16. The first-order chi connectivity index (χ1) is 9.52. The highest BCUT2D eigenvalue weighted by Gasteiger charge is 2.25. The molecule has 1 aromatic heterocycles. The number of hydrogen-bond acceptors (Lipinski definition) is 3. The molecule has 2 aromatic rings. The van der Waals surface area contributed by atoms with E-state index in [1.165, 1.54) is 6.33 Å². The zero-order chi connectivity index (χ0) is 14.7. The van der Waals surface area contributed by atoms with Gasteiger partial charge in [-0.1, -0.05) is 0 Å². The Bertz CT molecular complexity index is 570. The number of rotatable bonds is 5. The maximum atomic E-state index is 13.3. The predicted molar refractivity (Wildman–Crippen MR) is 59.4 cm³/mol. The van der Waals surface area contributed by atoms with E-state index in [4.69, 9.17) is 0 Å². The van der Waals surface area contributed by atoms with Crippen LogP contribution in [0.5, 0.6) is 0 Å². The van der Waals surface area contributed by atoms with Crippen molar-refractivity contribution in [2.24, 2.45) is 0 Å². The summed E-state index contributed by atoms with van der Waals surface area (Å²) in [6.45, 7) is 0.0129. The van der Waals surface area contributed by atoms with Crippen molar-refractivity contribution in [1.29, 1.82) is 0 Å². The molecule has 0 saturated heterocycles. The van der Waals surface area contributed by atoms with Crippen molar-refractivity contribution >= 4 is 5.69 Å². The summed E-state index contributed by atoms with van der Waals surface area (Å²) < 4.78 is 65.2. The second-order valence-corrected chi connectivity index (χ2v) is 3.91. The molecule has 0 aliphatic carbocycles. The second-order valence-electron chi connectivity index (χ2n) is 3.91. The monoisotopic (exact) mass is 292 g/mol. The lowest BCUT2D eigenvalue weighted by Gasteiger charge is -2.10. The van der Waals surface area contributed by atoms with Crippen LogP contribution in [-0.2, 0) is 6.42 Å². The van der Waals surface area contributed by atoms with Crippen LogP contribution in [0.3, 0.4) is 0 Å². The molecule has 20 heavy (non-hydrogen) atoms. The molecule has 2 N–H and O–H groups in total. The molecule has 0 bridgehead atoms. The molecule has 0 fully saturated rings. The Hall–Kier alpha value is -2.19. The quantitative estimate of drug-likeness (QED) is 0.385. The summed E-state index contributed by atoms with van der Waals surface area (Å²) in [6, 6.07) is 0. The molecule has 0 aliphatic heterocycles. The summed E-state index contributed by atoms with van der Waals surface area (Å²) in [7, 11) is 0. The van der Waals surface area contributed by atoms with Gasteiger partial charge in [0.2, 0.25) is 5.82 Å². The van der Waals surface area contributed by atoms with Gasteiger partial charge in [0, 0.05) is 13.0 Å². The lowest BCUT2D eigenvalue weighted by molar-refractivity contribution is 0.381. The summed E-state index contributed by atoms with van der Waals surface area (Å²) in [4.78, 5) is 3.82. The molecule has 0 radical (unpaired) electrons. The van der Waals surface area contributed by atoms with E-state index in [-0.39, 0.29) is 6.54 Å². The van der Waals surface area contributed by atoms with Crippen LogP contribution in [-0.4, -0.2) is 21.7 Å². The normalized spacial score (nSPS) is 10.8. The van der Waals surface area contributed by atoms with E-state index < -0.39 is 34.8 Å². The van der Waals surface area contributed by atoms with Crippen LogP contribution < -0.4 is 5.32 Å². The van der Waals surface area contributed by atoms with E-state index in [2.05, 4.69) is 20.5 Å². The summed E-state index contributed by atoms with van der Waals surface area (Å²) in [5.74, 6) is -9.30. The number of hydrogen-bond donors (Lipinski definition) is 2. The second kappa shape index (κ2) is 5.85. The third-order valence-electron chi connectivity index (χ3n) is 2.57. The lowest BCUT2D eigenvalue weighted by atomic mass is 10.2. The molecular weight excluding hydrogens is 283 g/mol. The minimum Gasteiger partial charge on any atom is -0.380 e. The van der Waals surface area contributed by atoms with Gasteiger partial charge in [-0.05, 0) is 6.42 Å².